The predicted octanol–water partition coefficient (Wildman–Crippen LogP) is 1.33. The maximum Gasteiger partial charge on any atom is 0.323 e. The lowest BCUT2D eigenvalue weighted by Gasteiger charge is -2.48. The van der Waals surface area contributed by atoms with Crippen molar-refractivity contribution in [3.8, 4) is 0 Å². The average molecular weight is 171 g/mol. The van der Waals surface area contributed by atoms with Gasteiger partial charge < -0.3 is 5.11 Å². The molecule has 1 N–H and O–H groups in total. The molecule has 0 radical (unpaired) electrons. The van der Waals surface area contributed by atoms with Crippen LogP contribution in [0.4, 0.5) is 0 Å². The second-order valence-electron chi connectivity index (χ2n) is 3.76. The molecule has 0 aromatic rings. The smallest absolute Gasteiger partial charge is 0.323 e. The van der Waals surface area contributed by atoms with Crippen LogP contribution in [0, 0.1) is 0 Å². The topological polar surface area (TPSA) is 40.5 Å². The van der Waals surface area contributed by atoms with Crippen LogP contribution in [-0.2, 0) is 4.79 Å². The van der Waals surface area contributed by atoms with Crippen LogP contribution >= 0.6 is 0 Å². The Kier molecular flexibility index (Phi) is 2.42. The molecule has 12 heavy (non-hydrogen) atoms. The Morgan fingerprint density at radius 2 is 2.33 bits per heavy atom. The Bertz CT molecular complexity index is 193. The molecular weight excluding hydrogens is 154 g/mol. The predicted molar refractivity (Wildman–Crippen MR) is 47.1 cm³/mol. The van der Waals surface area contributed by atoms with Gasteiger partial charge in [-0.05, 0) is 26.7 Å². The summed E-state index contributed by atoms with van der Waals surface area (Å²) in [5.41, 5.74) is -0.641. The third-order valence-electron chi connectivity index (χ3n) is 3.10. The number of carboxylic acid groups (broad SMARTS) is 1. The van der Waals surface area contributed by atoms with E-state index in [-0.39, 0.29) is 0 Å². The monoisotopic (exact) mass is 171 g/mol. The zero-order valence-corrected chi connectivity index (χ0v) is 8.00. The zero-order chi connectivity index (χ0) is 9.35. The second kappa shape index (κ2) is 3.05. The van der Waals surface area contributed by atoms with Gasteiger partial charge in [-0.1, -0.05) is 6.92 Å². The largest absolute Gasteiger partial charge is 0.480 e. The standard InChI is InChI=1S/C9H17NO2/c1-4-9(3,8(11)12)10-6-5-7(10)2/h7H,4-6H2,1-3H3,(H,11,12). The van der Waals surface area contributed by atoms with Crippen LogP contribution in [0.15, 0.2) is 0 Å². The summed E-state index contributed by atoms with van der Waals surface area (Å²) >= 11 is 0. The molecule has 0 aromatic carbocycles. The molecule has 0 bridgehead atoms. The van der Waals surface area contributed by atoms with Gasteiger partial charge in [-0.3, -0.25) is 9.69 Å². The molecule has 0 saturated carbocycles. The highest BCUT2D eigenvalue weighted by Crippen LogP contribution is 2.30. The van der Waals surface area contributed by atoms with Crippen LogP contribution in [-0.4, -0.2) is 34.1 Å². The van der Waals surface area contributed by atoms with Crippen molar-refractivity contribution in [2.45, 2.75) is 45.2 Å². The third kappa shape index (κ3) is 1.22. The van der Waals surface area contributed by atoms with Crippen molar-refractivity contribution < 1.29 is 9.90 Å². The van der Waals surface area contributed by atoms with E-state index < -0.39 is 11.5 Å². The van der Waals surface area contributed by atoms with Gasteiger partial charge in [-0.2, -0.15) is 0 Å². The molecule has 0 spiro atoms. The number of hydrogen-bond donors (Lipinski definition) is 1. The lowest BCUT2D eigenvalue weighted by atomic mass is 9.89. The maximum atomic E-state index is 11.0. The molecule has 1 saturated heterocycles. The third-order valence-corrected chi connectivity index (χ3v) is 3.10. The van der Waals surface area contributed by atoms with Gasteiger partial charge >= 0.3 is 5.97 Å². The molecule has 0 amide bonds. The summed E-state index contributed by atoms with van der Waals surface area (Å²) in [5, 5.41) is 9.04. The zero-order valence-electron chi connectivity index (χ0n) is 8.00. The Hall–Kier alpha value is -0.570. The van der Waals surface area contributed by atoms with E-state index in [1.165, 1.54) is 0 Å². The highest BCUT2D eigenvalue weighted by molar-refractivity contribution is 5.78. The summed E-state index contributed by atoms with van der Waals surface area (Å²) in [7, 11) is 0. The van der Waals surface area contributed by atoms with Crippen LogP contribution in [0.5, 0.6) is 0 Å². The van der Waals surface area contributed by atoms with E-state index >= 15 is 0 Å². The van der Waals surface area contributed by atoms with Crippen LogP contribution in [0.2, 0.25) is 0 Å². The van der Waals surface area contributed by atoms with E-state index in [1.807, 2.05) is 13.8 Å². The molecule has 1 aliphatic rings. The summed E-state index contributed by atoms with van der Waals surface area (Å²) in [6.07, 6.45) is 1.80. The number of rotatable bonds is 3. The first kappa shape index (κ1) is 9.52. The van der Waals surface area contributed by atoms with Gasteiger partial charge in [0.05, 0.1) is 0 Å². The van der Waals surface area contributed by atoms with Gasteiger partial charge in [0.1, 0.15) is 5.54 Å². The molecule has 0 aliphatic carbocycles. The number of likely N-dealkylation sites (tertiary alicyclic amines) is 1. The fourth-order valence-corrected chi connectivity index (χ4v) is 1.73. The highest BCUT2D eigenvalue weighted by Gasteiger charge is 2.44. The summed E-state index contributed by atoms with van der Waals surface area (Å²) in [4.78, 5) is 13.1. The van der Waals surface area contributed by atoms with Gasteiger partial charge in [-0.25, -0.2) is 0 Å². The maximum absolute atomic E-state index is 11.0. The number of aliphatic carboxylic acids is 1. The first-order valence-electron chi connectivity index (χ1n) is 4.52. The summed E-state index contributed by atoms with van der Waals surface area (Å²) in [5.74, 6) is -0.698. The minimum absolute atomic E-state index is 0.436. The molecule has 1 aliphatic heterocycles. The number of carboxylic acids is 1. The Balaban J connectivity index is 2.72. The van der Waals surface area contributed by atoms with Gasteiger partial charge in [0.2, 0.25) is 0 Å². The van der Waals surface area contributed by atoms with Crippen LogP contribution in [0.1, 0.15) is 33.6 Å². The second-order valence-corrected chi connectivity index (χ2v) is 3.76. The van der Waals surface area contributed by atoms with Gasteiger partial charge in [0, 0.05) is 12.6 Å². The molecule has 0 aromatic heterocycles. The van der Waals surface area contributed by atoms with Crippen LogP contribution in [0.3, 0.4) is 0 Å². The summed E-state index contributed by atoms with van der Waals surface area (Å²) in [6.45, 7) is 6.75. The van der Waals surface area contributed by atoms with Crippen LogP contribution < -0.4 is 0 Å². The number of hydrogen-bond acceptors (Lipinski definition) is 2. The number of nitrogens with zero attached hydrogens (tertiary/aromatic N) is 1. The Morgan fingerprint density at radius 1 is 1.75 bits per heavy atom. The van der Waals surface area contributed by atoms with E-state index in [0.717, 1.165) is 13.0 Å². The van der Waals surface area contributed by atoms with Crippen molar-refractivity contribution >= 4 is 5.97 Å². The molecule has 3 nitrogen and oxygen atoms in total. The van der Waals surface area contributed by atoms with E-state index in [2.05, 4.69) is 11.8 Å². The Labute approximate surface area is 73.4 Å². The van der Waals surface area contributed by atoms with Gasteiger partial charge in [-0.15, -0.1) is 0 Å². The van der Waals surface area contributed by atoms with Gasteiger partial charge in [0.15, 0.2) is 0 Å². The van der Waals surface area contributed by atoms with Crippen molar-refractivity contribution in [1.29, 1.82) is 0 Å². The average Bonchev–Trinajstić information content (AvgIpc) is 2.01. The molecule has 2 unspecified atom stereocenters. The van der Waals surface area contributed by atoms with Crippen molar-refractivity contribution in [2.75, 3.05) is 6.54 Å². The fraction of sp³-hybridized carbons (Fsp3) is 0.889. The van der Waals surface area contributed by atoms with E-state index in [0.29, 0.717) is 12.5 Å². The van der Waals surface area contributed by atoms with Gasteiger partial charge in [0.25, 0.3) is 0 Å². The normalized spacial score (nSPS) is 29.1. The summed E-state index contributed by atoms with van der Waals surface area (Å²) in [6, 6.07) is 0.436. The SMILES string of the molecule is CCC(C)(C(=O)O)N1CCC1C. The molecule has 2 atom stereocenters. The van der Waals surface area contributed by atoms with Crippen molar-refractivity contribution in [3.05, 3.63) is 0 Å². The number of carbonyl (C=O) groups is 1. The van der Waals surface area contributed by atoms with Crippen molar-refractivity contribution in [3.63, 3.8) is 0 Å². The lowest BCUT2D eigenvalue weighted by molar-refractivity contribution is -0.157. The Morgan fingerprint density at radius 3 is 2.42 bits per heavy atom. The minimum Gasteiger partial charge on any atom is -0.480 e. The first-order valence-corrected chi connectivity index (χ1v) is 4.52. The van der Waals surface area contributed by atoms with Crippen molar-refractivity contribution in [1.82, 2.24) is 4.90 Å². The van der Waals surface area contributed by atoms with E-state index in [9.17, 15) is 4.79 Å². The molecule has 1 rings (SSSR count). The highest BCUT2D eigenvalue weighted by atomic mass is 16.4. The molecule has 1 fully saturated rings. The summed E-state index contributed by atoms with van der Waals surface area (Å²) < 4.78 is 0. The fourth-order valence-electron chi connectivity index (χ4n) is 1.73. The first-order chi connectivity index (χ1) is 5.52. The van der Waals surface area contributed by atoms with Crippen molar-refractivity contribution in [2.24, 2.45) is 0 Å². The lowest BCUT2D eigenvalue weighted by Crippen LogP contribution is -2.61. The molecule has 3 heteroatoms. The molecule has 70 valence electrons. The van der Waals surface area contributed by atoms with E-state index in [4.69, 9.17) is 5.11 Å². The molecular formula is C9H17NO2. The molecule has 1 heterocycles. The quantitative estimate of drug-likeness (QED) is 0.696. The van der Waals surface area contributed by atoms with E-state index in [1.54, 1.807) is 0 Å². The minimum atomic E-state index is -0.698. The van der Waals surface area contributed by atoms with Crippen LogP contribution in [0.25, 0.3) is 0 Å².